The summed E-state index contributed by atoms with van der Waals surface area (Å²) < 4.78 is 22.3. The van der Waals surface area contributed by atoms with Crippen molar-refractivity contribution in [2.75, 3.05) is 20.8 Å². The van der Waals surface area contributed by atoms with Gasteiger partial charge in [-0.1, -0.05) is 48.4 Å². The Morgan fingerprint density at radius 3 is 2.40 bits per heavy atom. The lowest BCUT2D eigenvalue weighted by atomic mass is 10.1. The van der Waals surface area contributed by atoms with E-state index >= 15 is 0 Å². The topological polar surface area (TPSA) is 78.4 Å². The van der Waals surface area contributed by atoms with Crippen molar-refractivity contribution in [1.29, 1.82) is 0 Å². The van der Waals surface area contributed by atoms with Crippen LogP contribution >= 0.6 is 11.6 Å². The number of carbonyl (C=O) groups excluding carboxylic acids is 1. The number of hydrogen-bond acceptors (Lipinski definition) is 6. The van der Waals surface area contributed by atoms with Gasteiger partial charge in [0.15, 0.2) is 23.0 Å². The SMILES string of the molecule is CCCOc1ccc(C(=O)N/N=C/c2cc(Cl)c(OCc3ccc(C)cc3)c(OC)c2)cc1OC. The summed E-state index contributed by atoms with van der Waals surface area (Å²) in [4.78, 5) is 12.5. The fraction of sp³-hybridized carbons (Fsp3) is 0.259. The fourth-order valence-electron chi connectivity index (χ4n) is 3.16. The second kappa shape index (κ2) is 12.7. The lowest BCUT2D eigenvalue weighted by Gasteiger charge is -2.13. The number of aryl methyl sites for hydroxylation is 1. The molecule has 3 aromatic rings. The highest BCUT2D eigenvalue weighted by molar-refractivity contribution is 6.32. The Bertz CT molecular complexity index is 1180. The third-order valence-corrected chi connectivity index (χ3v) is 5.30. The molecular formula is C27H29ClN2O5. The summed E-state index contributed by atoms with van der Waals surface area (Å²) >= 11 is 6.45. The number of carbonyl (C=O) groups is 1. The molecule has 0 unspecified atom stereocenters. The van der Waals surface area contributed by atoms with Gasteiger partial charge in [0, 0.05) is 5.56 Å². The highest BCUT2D eigenvalue weighted by Crippen LogP contribution is 2.36. The molecule has 0 aliphatic heterocycles. The van der Waals surface area contributed by atoms with Gasteiger partial charge in [0.2, 0.25) is 0 Å². The first kappa shape index (κ1) is 25.9. The molecule has 3 aromatic carbocycles. The Hall–Kier alpha value is -3.71. The molecule has 7 nitrogen and oxygen atoms in total. The number of nitrogens with zero attached hydrogens (tertiary/aromatic N) is 1. The molecule has 0 bridgehead atoms. The van der Waals surface area contributed by atoms with Gasteiger partial charge in [-0.15, -0.1) is 0 Å². The van der Waals surface area contributed by atoms with Gasteiger partial charge in [-0.3, -0.25) is 4.79 Å². The quantitative estimate of drug-likeness (QED) is 0.268. The van der Waals surface area contributed by atoms with Gasteiger partial charge in [-0.25, -0.2) is 5.43 Å². The molecule has 0 heterocycles. The van der Waals surface area contributed by atoms with E-state index in [2.05, 4.69) is 10.5 Å². The summed E-state index contributed by atoms with van der Waals surface area (Å²) in [7, 11) is 3.06. The minimum absolute atomic E-state index is 0.353. The Morgan fingerprint density at radius 1 is 0.971 bits per heavy atom. The number of hydrogen-bond donors (Lipinski definition) is 1. The van der Waals surface area contributed by atoms with Crippen LogP contribution in [0.2, 0.25) is 5.02 Å². The molecule has 0 radical (unpaired) electrons. The summed E-state index contributed by atoms with van der Waals surface area (Å²) in [6.45, 7) is 4.96. The van der Waals surface area contributed by atoms with Crippen molar-refractivity contribution < 1.29 is 23.7 Å². The monoisotopic (exact) mass is 496 g/mol. The molecule has 0 aliphatic carbocycles. The maximum atomic E-state index is 12.5. The van der Waals surface area contributed by atoms with Crippen LogP contribution < -0.4 is 24.4 Å². The fourth-order valence-corrected chi connectivity index (χ4v) is 3.44. The van der Waals surface area contributed by atoms with Gasteiger partial charge in [0.1, 0.15) is 6.61 Å². The Kier molecular flexibility index (Phi) is 9.38. The zero-order valence-corrected chi connectivity index (χ0v) is 21.0. The van der Waals surface area contributed by atoms with E-state index in [0.29, 0.717) is 52.4 Å². The van der Waals surface area contributed by atoms with Crippen molar-refractivity contribution in [2.45, 2.75) is 26.9 Å². The summed E-state index contributed by atoms with van der Waals surface area (Å²) in [6.07, 6.45) is 2.35. The van der Waals surface area contributed by atoms with E-state index in [0.717, 1.165) is 12.0 Å². The smallest absolute Gasteiger partial charge is 0.271 e. The van der Waals surface area contributed by atoms with Crippen molar-refractivity contribution in [3.05, 3.63) is 81.9 Å². The van der Waals surface area contributed by atoms with E-state index in [-0.39, 0.29) is 0 Å². The molecule has 1 N–H and O–H groups in total. The molecule has 35 heavy (non-hydrogen) atoms. The molecule has 0 fully saturated rings. The summed E-state index contributed by atoms with van der Waals surface area (Å²) in [5, 5.41) is 4.41. The zero-order chi connectivity index (χ0) is 25.2. The van der Waals surface area contributed by atoms with Crippen molar-refractivity contribution in [3.63, 3.8) is 0 Å². The zero-order valence-electron chi connectivity index (χ0n) is 20.3. The molecule has 8 heteroatoms. The molecular weight excluding hydrogens is 468 g/mol. The standard InChI is InChI=1S/C27H29ClN2O5/c1-5-12-34-23-11-10-21(15-24(23)32-3)27(31)30-29-16-20-13-22(28)26(25(14-20)33-4)35-17-19-8-6-18(2)7-9-19/h6-11,13-16H,5,12,17H2,1-4H3,(H,30,31)/b29-16+. The van der Waals surface area contributed by atoms with E-state index in [1.165, 1.54) is 26.0 Å². The summed E-state index contributed by atoms with van der Waals surface area (Å²) in [5.74, 6) is 1.57. The Balaban J connectivity index is 1.66. The number of ether oxygens (including phenoxy) is 4. The van der Waals surface area contributed by atoms with Crippen LogP contribution in [-0.2, 0) is 6.61 Å². The van der Waals surface area contributed by atoms with Crippen LogP contribution in [0, 0.1) is 6.92 Å². The maximum absolute atomic E-state index is 12.5. The number of methoxy groups -OCH3 is 2. The number of amides is 1. The molecule has 0 spiro atoms. The van der Waals surface area contributed by atoms with Gasteiger partial charge >= 0.3 is 0 Å². The Labute approximate surface area is 210 Å². The molecule has 0 saturated heterocycles. The predicted molar refractivity (Wildman–Crippen MR) is 137 cm³/mol. The van der Waals surface area contributed by atoms with Gasteiger partial charge in [-0.05, 0) is 54.8 Å². The summed E-state index contributed by atoms with van der Waals surface area (Å²) in [6, 6.07) is 16.4. The van der Waals surface area contributed by atoms with Crippen LogP contribution in [0.25, 0.3) is 0 Å². The molecule has 0 aromatic heterocycles. The summed E-state index contributed by atoms with van der Waals surface area (Å²) in [5.41, 5.74) is 5.72. The van der Waals surface area contributed by atoms with E-state index in [4.69, 9.17) is 30.5 Å². The first-order valence-electron chi connectivity index (χ1n) is 11.1. The highest BCUT2D eigenvalue weighted by Gasteiger charge is 2.13. The van der Waals surface area contributed by atoms with Gasteiger partial charge in [0.25, 0.3) is 5.91 Å². The first-order chi connectivity index (χ1) is 16.9. The molecule has 0 atom stereocenters. The van der Waals surface area contributed by atoms with Gasteiger partial charge in [0.05, 0.1) is 32.1 Å². The van der Waals surface area contributed by atoms with Crippen LogP contribution in [0.5, 0.6) is 23.0 Å². The molecule has 0 aliphatic rings. The molecule has 3 rings (SSSR count). The minimum atomic E-state index is -0.391. The second-order valence-electron chi connectivity index (χ2n) is 7.72. The number of nitrogens with one attached hydrogen (secondary N) is 1. The Morgan fingerprint density at radius 2 is 1.71 bits per heavy atom. The number of hydrazone groups is 1. The van der Waals surface area contributed by atoms with E-state index in [1.54, 1.807) is 30.3 Å². The lowest BCUT2D eigenvalue weighted by molar-refractivity contribution is 0.0954. The molecule has 1 amide bonds. The van der Waals surface area contributed by atoms with E-state index < -0.39 is 5.91 Å². The third kappa shape index (κ3) is 7.13. The van der Waals surface area contributed by atoms with E-state index in [1.807, 2.05) is 38.1 Å². The second-order valence-corrected chi connectivity index (χ2v) is 8.13. The van der Waals surface area contributed by atoms with Crippen molar-refractivity contribution in [3.8, 4) is 23.0 Å². The average Bonchev–Trinajstić information content (AvgIpc) is 2.87. The van der Waals surface area contributed by atoms with Crippen molar-refractivity contribution >= 4 is 23.7 Å². The number of rotatable bonds is 11. The highest BCUT2D eigenvalue weighted by atomic mass is 35.5. The minimum Gasteiger partial charge on any atom is -0.493 e. The van der Waals surface area contributed by atoms with Crippen molar-refractivity contribution in [1.82, 2.24) is 5.43 Å². The largest absolute Gasteiger partial charge is 0.493 e. The maximum Gasteiger partial charge on any atom is 0.271 e. The van der Waals surface area contributed by atoms with Gasteiger partial charge < -0.3 is 18.9 Å². The average molecular weight is 497 g/mol. The normalized spacial score (nSPS) is 10.8. The van der Waals surface area contributed by atoms with Crippen LogP contribution in [0.1, 0.15) is 40.4 Å². The van der Waals surface area contributed by atoms with Crippen LogP contribution in [0.15, 0.2) is 59.7 Å². The lowest BCUT2D eigenvalue weighted by Crippen LogP contribution is -2.17. The number of halogens is 1. The predicted octanol–water partition coefficient (Wildman–Crippen LogP) is 5.80. The molecule has 0 saturated carbocycles. The van der Waals surface area contributed by atoms with Crippen LogP contribution in [0.3, 0.4) is 0 Å². The van der Waals surface area contributed by atoms with Crippen molar-refractivity contribution in [2.24, 2.45) is 5.10 Å². The third-order valence-electron chi connectivity index (χ3n) is 5.02. The number of benzene rings is 3. The van der Waals surface area contributed by atoms with Crippen LogP contribution in [-0.4, -0.2) is 32.9 Å². The van der Waals surface area contributed by atoms with Crippen LogP contribution in [0.4, 0.5) is 0 Å². The molecule has 184 valence electrons. The van der Waals surface area contributed by atoms with Gasteiger partial charge in [-0.2, -0.15) is 5.10 Å². The first-order valence-corrected chi connectivity index (χ1v) is 11.5. The van der Waals surface area contributed by atoms with E-state index in [9.17, 15) is 4.79 Å².